The van der Waals surface area contributed by atoms with E-state index in [-0.39, 0.29) is 0 Å². The third kappa shape index (κ3) is 2.77. The Bertz CT molecular complexity index is 237. The van der Waals surface area contributed by atoms with Gasteiger partial charge in [-0.3, -0.25) is 0 Å². The van der Waals surface area contributed by atoms with E-state index in [4.69, 9.17) is 0 Å². The predicted octanol–water partition coefficient (Wildman–Crippen LogP) is 1.96. The molecule has 0 aromatic carbocycles. The van der Waals surface area contributed by atoms with Gasteiger partial charge in [0.1, 0.15) is 5.82 Å². The highest BCUT2D eigenvalue weighted by Crippen LogP contribution is 2.10. The minimum Gasteiger partial charge on any atom is -0.372 e. The van der Waals surface area contributed by atoms with Crippen molar-refractivity contribution >= 4 is 5.82 Å². The molecule has 0 spiro atoms. The van der Waals surface area contributed by atoms with Gasteiger partial charge in [-0.25, -0.2) is 0 Å². The van der Waals surface area contributed by atoms with Crippen LogP contribution in [0.5, 0.6) is 0 Å². The van der Waals surface area contributed by atoms with Gasteiger partial charge in [0.2, 0.25) is 0 Å². The standard InChI is InChI=1S/C11H19N3/c1-2-7-12-10(4-1)6-9-14-11-5-3-8-13-11/h3,5,8,10,12-14H,1-2,4,6-7,9H2. The Morgan fingerprint density at radius 3 is 3.14 bits per heavy atom. The van der Waals surface area contributed by atoms with E-state index in [1.807, 2.05) is 12.3 Å². The average Bonchev–Trinajstić information content (AvgIpc) is 2.72. The lowest BCUT2D eigenvalue weighted by molar-refractivity contribution is 0.389. The molecule has 1 fully saturated rings. The molecule has 1 aromatic rings. The first-order chi connectivity index (χ1) is 6.95. The maximum absolute atomic E-state index is 3.55. The SMILES string of the molecule is c1c[nH]c(NCCC2CCCCN2)c1. The maximum atomic E-state index is 3.55. The molecular weight excluding hydrogens is 174 g/mol. The molecule has 1 aliphatic heterocycles. The van der Waals surface area contributed by atoms with Gasteiger partial charge < -0.3 is 15.6 Å². The molecule has 1 saturated heterocycles. The molecule has 0 bridgehead atoms. The number of nitrogens with one attached hydrogen (secondary N) is 3. The molecule has 1 atom stereocenters. The first-order valence-corrected chi connectivity index (χ1v) is 5.56. The molecule has 78 valence electrons. The van der Waals surface area contributed by atoms with Crippen LogP contribution in [0.25, 0.3) is 0 Å². The monoisotopic (exact) mass is 193 g/mol. The molecule has 1 unspecified atom stereocenters. The van der Waals surface area contributed by atoms with Crippen molar-refractivity contribution < 1.29 is 0 Å². The van der Waals surface area contributed by atoms with Crippen molar-refractivity contribution in [3.05, 3.63) is 18.3 Å². The van der Waals surface area contributed by atoms with E-state index in [1.165, 1.54) is 32.2 Å². The third-order valence-corrected chi connectivity index (χ3v) is 2.82. The predicted molar refractivity (Wildman–Crippen MR) is 59.5 cm³/mol. The van der Waals surface area contributed by atoms with Crippen molar-refractivity contribution in [2.24, 2.45) is 0 Å². The summed E-state index contributed by atoms with van der Waals surface area (Å²) in [5.74, 6) is 1.13. The van der Waals surface area contributed by atoms with Crippen LogP contribution in [-0.4, -0.2) is 24.1 Å². The van der Waals surface area contributed by atoms with Gasteiger partial charge in [0.25, 0.3) is 0 Å². The number of hydrogen-bond acceptors (Lipinski definition) is 2. The zero-order valence-corrected chi connectivity index (χ0v) is 8.55. The fraction of sp³-hybridized carbons (Fsp3) is 0.636. The van der Waals surface area contributed by atoms with Crippen molar-refractivity contribution in [2.45, 2.75) is 31.7 Å². The van der Waals surface area contributed by atoms with Gasteiger partial charge >= 0.3 is 0 Å². The summed E-state index contributed by atoms with van der Waals surface area (Å²) in [6.07, 6.45) is 7.24. The lowest BCUT2D eigenvalue weighted by Crippen LogP contribution is -2.35. The highest BCUT2D eigenvalue weighted by molar-refractivity contribution is 5.33. The zero-order chi connectivity index (χ0) is 9.64. The minimum absolute atomic E-state index is 0.728. The molecule has 1 aliphatic rings. The Labute approximate surface area is 85.3 Å². The number of rotatable bonds is 4. The molecule has 0 saturated carbocycles. The van der Waals surface area contributed by atoms with Crippen LogP contribution in [0.3, 0.4) is 0 Å². The summed E-state index contributed by atoms with van der Waals surface area (Å²) < 4.78 is 0. The number of aromatic nitrogens is 1. The zero-order valence-electron chi connectivity index (χ0n) is 8.55. The number of piperidine rings is 1. The third-order valence-electron chi connectivity index (χ3n) is 2.82. The summed E-state index contributed by atoms with van der Waals surface area (Å²) in [5, 5.41) is 6.93. The smallest absolute Gasteiger partial charge is 0.103 e. The van der Waals surface area contributed by atoms with E-state index in [2.05, 4.69) is 21.7 Å². The molecule has 0 aliphatic carbocycles. The number of aromatic amines is 1. The highest BCUT2D eigenvalue weighted by atomic mass is 15.0. The van der Waals surface area contributed by atoms with Crippen molar-refractivity contribution in [1.29, 1.82) is 0 Å². The summed E-state index contributed by atoms with van der Waals surface area (Å²) in [7, 11) is 0. The molecule has 1 aromatic heterocycles. The molecule has 2 heterocycles. The summed E-state index contributed by atoms with van der Waals surface area (Å²) in [4.78, 5) is 3.14. The highest BCUT2D eigenvalue weighted by Gasteiger charge is 2.11. The van der Waals surface area contributed by atoms with E-state index in [9.17, 15) is 0 Å². The van der Waals surface area contributed by atoms with Crippen molar-refractivity contribution in [1.82, 2.24) is 10.3 Å². The molecular formula is C11H19N3. The summed E-state index contributed by atoms with van der Waals surface area (Å²) in [5.41, 5.74) is 0. The Morgan fingerprint density at radius 2 is 2.43 bits per heavy atom. The summed E-state index contributed by atoms with van der Waals surface area (Å²) in [6.45, 7) is 2.26. The van der Waals surface area contributed by atoms with Crippen LogP contribution in [0.15, 0.2) is 18.3 Å². The first kappa shape index (κ1) is 9.59. The van der Waals surface area contributed by atoms with Crippen molar-refractivity contribution in [2.75, 3.05) is 18.4 Å². The summed E-state index contributed by atoms with van der Waals surface area (Å²) in [6, 6.07) is 4.81. The van der Waals surface area contributed by atoms with Gasteiger partial charge in [-0.2, -0.15) is 0 Å². The second-order valence-corrected chi connectivity index (χ2v) is 3.95. The Kier molecular flexibility index (Phi) is 3.46. The van der Waals surface area contributed by atoms with Crippen LogP contribution in [0.1, 0.15) is 25.7 Å². The van der Waals surface area contributed by atoms with E-state index >= 15 is 0 Å². The van der Waals surface area contributed by atoms with E-state index in [0.717, 1.165) is 18.4 Å². The number of hydrogen-bond donors (Lipinski definition) is 3. The molecule has 3 heteroatoms. The maximum Gasteiger partial charge on any atom is 0.103 e. The van der Waals surface area contributed by atoms with Crippen molar-refractivity contribution in [3.63, 3.8) is 0 Å². The fourth-order valence-corrected chi connectivity index (χ4v) is 1.99. The Hall–Kier alpha value is -0.960. The van der Waals surface area contributed by atoms with Gasteiger partial charge in [0, 0.05) is 18.8 Å². The molecule has 0 amide bonds. The van der Waals surface area contributed by atoms with Gasteiger partial charge in [-0.05, 0) is 37.9 Å². The van der Waals surface area contributed by atoms with Gasteiger partial charge in [-0.15, -0.1) is 0 Å². The van der Waals surface area contributed by atoms with Crippen molar-refractivity contribution in [3.8, 4) is 0 Å². The average molecular weight is 193 g/mol. The van der Waals surface area contributed by atoms with Crippen LogP contribution < -0.4 is 10.6 Å². The Morgan fingerprint density at radius 1 is 1.43 bits per heavy atom. The van der Waals surface area contributed by atoms with Crippen LogP contribution in [0, 0.1) is 0 Å². The molecule has 3 N–H and O–H groups in total. The largest absolute Gasteiger partial charge is 0.372 e. The first-order valence-electron chi connectivity index (χ1n) is 5.56. The Balaban J connectivity index is 1.62. The van der Waals surface area contributed by atoms with Gasteiger partial charge in [0.15, 0.2) is 0 Å². The summed E-state index contributed by atoms with van der Waals surface area (Å²) >= 11 is 0. The molecule has 0 radical (unpaired) electrons. The van der Waals surface area contributed by atoms with Crippen LogP contribution in [0.2, 0.25) is 0 Å². The van der Waals surface area contributed by atoms with Crippen LogP contribution >= 0.6 is 0 Å². The molecule has 14 heavy (non-hydrogen) atoms. The number of anilines is 1. The fourth-order valence-electron chi connectivity index (χ4n) is 1.99. The van der Waals surface area contributed by atoms with E-state index in [1.54, 1.807) is 0 Å². The second kappa shape index (κ2) is 5.05. The quantitative estimate of drug-likeness (QED) is 0.684. The lowest BCUT2D eigenvalue weighted by Gasteiger charge is -2.23. The molecule has 2 rings (SSSR count). The van der Waals surface area contributed by atoms with E-state index in [0.29, 0.717) is 0 Å². The second-order valence-electron chi connectivity index (χ2n) is 3.95. The van der Waals surface area contributed by atoms with Crippen LogP contribution in [0.4, 0.5) is 5.82 Å². The van der Waals surface area contributed by atoms with E-state index < -0.39 is 0 Å². The minimum atomic E-state index is 0.728. The lowest BCUT2D eigenvalue weighted by atomic mass is 10.0. The number of H-pyrrole nitrogens is 1. The van der Waals surface area contributed by atoms with Crippen LogP contribution in [-0.2, 0) is 0 Å². The van der Waals surface area contributed by atoms with Gasteiger partial charge in [0.05, 0.1) is 0 Å². The normalized spacial score (nSPS) is 22.1. The topological polar surface area (TPSA) is 39.9 Å². The van der Waals surface area contributed by atoms with Gasteiger partial charge in [-0.1, -0.05) is 6.42 Å². The molecule has 3 nitrogen and oxygen atoms in total.